The third-order valence-electron chi connectivity index (χ3n) is 3.12. The van der Waals surface area contributed by atoms with Crippen molar-refractivity contribution in [3.05, 3.63) is 30.1 Å². The maximum absolute atomic E-state index is 13.0. The van der Waals surface area contributed by atoms with Gasteiger partial charge in [-0.05, 0) is 37.5 Å². The number of halogens is 1. The summed E-state index contributed by atoms with van der Waals surface area (Å²) in [6.45, 7) is 0.401. The van der Waals surface area contributed by atoms with E-state index in [1.54, 1.807) is 6.07 Å². The Bertz CT molecular complexity index is 493. The number of nitrogens with one attached hydrogen (secondary N) is 1. The zero-order valence-electron chi connectivity index (χ0n) is 10.3. The van der Waals surface area contributed by atoms with Crippen LogP contribution in [0.15, 0.2) is 24.3 Å². The molecule has 0 radical (unpaired) electrons. The van der Waals surface area contributed by atoms with Crippen molar-refractivity contribution in [1.82, 2.24) is 4.90 Å². The molecular formula is C13H15FN2O3. The van der Waals surface area contributed by atoms with Gasteiger partial charge in [0.2, 0.25) is 0 Å². The molecule has 102 valence electrons. The van der Waals surface area contributed by atoms with E-state index in [9.17, 15) is 14.0 Å². The van der Waals surface area contributed by atoms with Crippen LogP contribution < -0.4 is 5.32 Å². The van der Waals surface area contributed by atoms with Crippen molar-refractivity contribution >= 4 is 17.7 Å². The molecule has 0 aromatic heterocycles. The molecule has 0 spiro atoms. The molecule has 19 heavy (non-hydrogen) atoms. The zero-order valence-corrected chi connectivity index (χ0v) is 10.3. The summed E-state index contributed by atoms with van der Waals surface area (Å²) < 4.78 is 13.0. The minimum Gasteiger partial charge on any atom is -0.480 e. The summed E-state index contributed by atoms with van der Waals surface area (Å²) in [5.41, 5.74) is 0.319. The van der Waals surface area contributed by atoms with Crippen molar-refractivity contribution in [2.24, 2.45) is 0 Å². The molecule has 1 saturated heterocycles. The Morgan fingerprint density at radius 3 is 2.84 bits per heavy atom. The van der Waals surface area contributed by atoms with E-state index in [2.05, 4.69) is 5.32 Å². The normalized spacial score (nSPS) is 19.0. The van der Waals surface area contributed by atoms with Crippen LogP contribution in [0.25, 0.3) is 0 Å². The number of rotatable bonds is 2. The van der Waals surface area contributed by atoms with E-state index in [0.717, 1.165) is 12.8 Å². The van der Waals surface area contributed by atoms with Crippen molar-refractivity contribution in [1.29, 1.82) is 0 Å². The van der Waals surface area contributed by atoms with Crippen LogP contribution in [0.3, 0.4) is 0 Å². The first-order chi connectivity index (χ1) is 9.08. The van der Waals surface area contributed by atoms with Crippen LogP contribution in [-0.2, 0) is 4.79 Å². The second kappa shape index (κ2) is 5.69. The van der Waals surface area contributed by atoms with Crippen LogP contribution in [0, 0.1) is 5.82 Å². The summed E-state index contributed by atoms with van der Waals surface area (Å²) in [7, 11) is 0. The Morgan fingerprint density at radius 1 is 1.37 bits per heavy atom. The van der Waals surface area contributed by atoms with Crippen LogP contribution in [0.5, 0.6) is 0 Å². The van der Waals surface area contributed by atoms with Gasteiger partial charge in [0.15, 0.2) is 0 Å². The highest BCUT2D eigenvalue weighted by molar-refractivity contribution is 5.92. The van der Waals surface area contributed by atoms with Crippen LogP contribution in [0.2, 0.25) is 0 Å². The number of hydrogen-bond acceptors (Lipinski definition) is 2. The second-order valence-electron chi connectivity index (χ2n) is 4.48. The summed E-state index contributed by atoms with van der Waals surface area (Å²) in [6.07, 6.45) is 2.02. The standard InChI is InChI=1S/C13H15FN2O3/c14-9-4-3-5-10(8-9)15-13(19)16-7-2-1-6-11(16)12(17)18/h3-5,8,11H,1-2,6-7H2,(H,15,19)(H,17,18). The van der Waals surface area contributed by atoms with E-state index in [4.69, 9.17) is 5.11 Å². The molecule has 0 saturated carbocycles. The Labute approximate surface area is 110 Å². The Balaban J connectivity index is 2.07. The third-order valence-corrected chi connectivity index (χ3v) is 3.12. The molecule has 1 aromatic carbocycles. The van der Waals surface area contributed by atoms with Gasteiger partial charge in [-0.1, -0.05) is 6.07 Å². The number of carboxylic acids is 1. The lowest BCUT2D eigenvalue weighted by Gasteiger charge is -2.32. The van der Waals surface area contributed by atoms with Gasteiger partial charge in [-0.3, -0.25) is 0 Å². The van der Waals surface area contributed by atoms with E-state index >= 15 is 0 Å². The van der Waals surface area contributed by atoms with Crippen molar-refractivity contribution in [3.8, 4) is 0 Å². The Hall–Kier alpha value is -2.11. The van der Waals surface area contributed by atoms with Crippen LogP contribution >= 0.6 is 0 Å². The highest BCUT2D eigenvalue weighted by Gasteiger charge is 2.31. The molecule has 0 aliphatic carbocycles. The van der Waals surface area contributed by atoms with Crippen LogP contribution in [0.4, 0.5) is 14.9 Å². The molecule has 0 bridgehead atoms. The van der Waals surface area contributed by atoms with Gasteiger partial charge < -0.3 is 15.3 Å². The molecule has 6 heteroatoms. The fraction of sp³-hybridized carbons (Fsp3) is 0.385. The maximum Gasteiger partial charge on any atom is 0.326 e. The van der Waals surface area contributed by atoms with Gasteiger partial charge in [-0.15, -0.1) is 0 Å². The summed E-state index contributed by atoms with van der Waals surface area (Å²) in [6, 6.07) is 4.20. The molecule has 2 rings (SSSR count). The highest BCUT2D eigenvalue weighted by atomic mass is 19.1. The molecule has 1 unspecified atom stereocenters. The first-order valence-electron chi connectivity index (χ1n) is 6.14. The Morgan fingerprint density at radius 2 is 2.16 bits per heavy atom. The zero-order chi connectivity index (χ0) is 13.8. The number of carboxylic acid groups (broad SMARTS) is 1. The lowest BCUT2D eigenvalue weighted by Crippen LogP contribution is -2.49. The lowest BCUT2D eigenvalue weighted by molar-refractivity contribution is -0.143. The predicted octanol–water partition coefficient (Wildman–Crippen LogP) is 2.30. The van der Waals surface area contributed by atoms with E-state index in [-0.39, 0.29) is 0 Å². The van der Waals surface area contributed by atoms with Gasteiger partial charge in [0.05, 0.1) is 0 Å². The number of urea groups is 1. The van der Waals surface area contributed by atoms with Crippen molar-refractivity contribution in [2.75, 3.05) is 11.9 Å². The molecule has 1 aromatic rings. The van der Waals surface area contributed by atoms with Gasteiger partial charge >= 0.3 is 12.0 Å². The van der Waals surface area contributed by atoms with Gasteiger partial charge in [0.1, 0.15) is 11.9 Å². The average Bonchev–Trinajstić information content (AvgIpc) is 2.38. The molecule has 2 N–H and O–H groups in total. The van der Waals surface area contributed by atoms with E-state index in [1.165, 1.54) is 23.1 Å². The first-order valence-corrected chi connectivity index (χ1v) is 6.14. The molecule has 5 nitrogen and oxygen atoms in total. The predicted molar refractivity (Wildman–Crippen MR) is 67.4 cm³/mol. The van der Waals surface area contributed by atoms with Crippen LogP contribution in [-0.4, -0.2) is 34.6 Å². The number of likely N-dealkylation sites (tertiary alicyclic amines) is 1. The molecule has 2 amide bonds. The monoisotopic (exact) mass is 266 g/mol. The molecule has 1 fully saturated rings. The summed E-state index contributed by atoms with van der Waals surface area (Å²) >= 11 is 0. The van der Waals surface area contributed by atoms with Crippen molar-refractivity contribution in [3.63, 3.8) is 0 Å². The average molecular weight is 266 g/mol. The van der Waals surface area contributed by atoms with E-state index in [1.807, 2.05) is 0 Å². The SMILES string of the molecule is O=C(O)C1CCCCN1C(=O)Nc1cccc(F)c1. The maximum atomic E-state index is 13.0. The van der Waals surface area contributed by atoms with Gasteiger partial charge in [-0.25, -0.2) is 14.0 Å². The van der Waals surface area contributed by atoms with Crippen LogP contribution in [0.1, 0.15) is 19.3 Å². The number of aliphatic carboxylic acids is 1. The lowest BCUT2D eigenvalue weighted by atomic mass is 10.0. The number of carbonyl (C=O) groups excluding carboxylic acids is 1. The number of hydrogen-bond donors (Lipinski definition) is 2. The van der Waals surface area contributed by atoms with Gasteiger partial charge in [-0.2, -0.15) is 0 Å². The fourth-order valence-electron chi connectivity index (χ4n) is 2.19. The highest BCUT2D eigenvalue weighted by Crippen LogP contribution is 2.19. The number of carbonyl (C=O) groups is 2. The number of benzene rings is 1. The number of piperidine rings is 1. The minimum atomic E-state index is -1.01. The topological polar surface area (TPSA) is 69.6 Å². The Kier molecular flexibility index (Phi) is 3.99. The second-order valence-corrected chi connectivity index (χ2v) is 4.48. The first kappa shape index (κ1) is 13.3. The van der Waals surface area contributed by atoms with Gasteiger partial charge in [0, 0.05) is 12.2 Å². The minimum absolute atomic E-state index is 0.319. The summed E-state index contributed by atoms with van der Waals surface area (Å²) in [5.74, 6) is -1.46. The number of nitrogens with zero attached hydrogens (tertiary/aromatic N) is 1. The fourth-order valence-corrected chi connectivity index (χ4v) is 2.19. The van der Waals surface area contributed by atoms with Crippen molar-refractivity contribution < 1.29 is 19.1 Å². The molecular weight excluding hydrogens is 251 g/mol. The third kappa shape index (κ3) is 3.21. The molecule has 1 heterocycles. The largest absolute Gasteiger partial charge is 0.480 e. The number of anilines is 1. The summed E-state index contributed by atoms with van der Waals surface area (Å²) in [4.78, 5) is 24.4. The molecule has 1 aliphatic rings. The quantitative estimate of drug-likeness (QED) is 0.862. The number of amides is 2. The van der Waals surface area contributed by atoms with E-state index < -0.39 is 23.9 Å². The smallest absolute Gasteiger partial charge is 0.326 e. The van der Waals surface area contributed by atoms with E-state index in [0.29, 0.717) is 18.7 Å². The summed E-state index contributed by atoms with van der Waals surface area (Å²) in [5, 5.41) is 11.6. The van der Waals surface area contributed by atoms with Gasteiger partial charge in [0.25, 0.3) is 0 Å². The van der Waals surface area contributed by atoms with Crippen molar-refractivity contribution in [2.45, 2.75) is 25.3 Å². The molecule has 1 atom stereocenters. The molecule has 1 aliphatic heterocycles.